The predicted octanol–water partition coefficient (Wildman–Crippen LogP) is 3.59. The third-order valence-electron chi connectivity index (χ3n) is 3.94. The lowest BCUT2D eigenvalue weighted by Crippen LogP contribution is -2.40. The SMILES string of the molecule is COC1CCCN(c2nc3ccccc3cc2CCl)C1. The van der Waals surface area contributed by atoms with Crippen molar-refractivity contribution in [3.63, 3.8) is 0 Å². The van der Waals surface area contributed by atoms with Gasteiger partial charge < -0.3 is 9.64 Å². The highest BCUT2D eigenvalue weighted by Gasteiger charge is 2.22. The third kappa shape index (κ3) is 2.60. The Kier molecular flexibility index (Phi) is 4.08. The number of piperidine rings is 1. The number of ether oxygens (including phenoxy) is 1. The Morgan fingerprint density at radius 1 is 1.40 bits per heavy atom. The third-order valence-corrected chi connectivity index (χ3v) is 4.22. The van der Waals surface area contributed by atoms with E-state index < -0.39 is 0 Å². The largest absolute Gasteiger partial charge is 0.380 e. The van der Waals surface area contributed by atoms with E-state index in [4.69, 9.17) is 21.3 Å². The zero-order valence-electron chi connectivity index (χ0n) is 11.7. The fourth-order valence-electron chi connectivity index (χ4n) is 2.84. The fourth-order valence-corrected chi connectivity index (χ4v) is 3.04. The number of alkyl halides is 1. The molecule has 106 valence electrons. The molecule has 1 aliphatic heterocycles. The highest BCUT2D eigenvalue weighted by molar-refractivity contribution is 6.17. The van der Waals surface area contributed by atoms with Crippen molar-refractivity contribution in [2.24, 2.45) is 0 Å². The molecular weight excluding hydrogens is 272 g/mol. The highest BCUT2D eigenvalue weighted by Crippen LogP contribution is 2.27. The Morgan fingerprint density at radius 2 is 2.25 bits per heavy atom. The summed E-state index contributed by atoms with van der Waals surface area (Å²) in [4.78, 5) is 7.13. The lowest BCUT2D eigenvalue weighted by atomic mass is 10.1. The van der Waals surface area contributed by atoms with Gasteiger partial charge in [0, 0.05) is 31.1 Å². The van der Waals surface area contributed by atoms with Gasteiger partial charge in [-0.15, -0.1) is 11.6 Å². The minimum atomic E-state index is 0.292. The van der Waals surface area contributed by atoms with Crippen molar-refractivity contribution in [3.8, 4) is 0 Å². The lowest BCUT2D eigenvalue weighted by molar-refractivity contribution is 0.0891. The second kappa shape index (κ2) is 5.98. The number of hydrogen-bond donors (Lipinski definition) is 0. The standard InChI is InChI=1S/C16H19ClN2O/c1-20-14-6-4-8-19(11-14)16-13(10-17)9-12-5-2-3-7-15(12)18-16/h2-3,5,7,9,14H,4,6,8,10-11H2,1H3. The number of benzene rings is 1. The zero-order valence-corrected chi connectivity index (χ0v) is 12.4. The maximum Gasteiger partial charge on any atom is 0.133 e. The van der Waals surface area contributed by atoms with Gasteiger partial charge in [-0.05, 0) is 25.0 Å². The summed E-state index contributed by atoms with van der Waals surface area (Å²) in [5.41, 5.74) is 2.12. The molecule has 1 atom stereocenters. The first kappa shape index (κ1) is 13.7. The molecule has 0 radical (unpaired) electrons. The van der Waals surface area contributed by atoms with E-state index in [1.165, 1.54) is 0 Å². The van der Waals surface area contributed by atoms with E-state index in [0.717, 1.165) is 48.2 Å². The van der Waals surface area contributed by atoms with E-state index in [2.05, 4.69) is 23.1 Å². The second-order valence-electron chi connectivity index (χ2n) is 5.24. The molecule has 3 rings (SSSR count). The van der Waals surface area contributed by atoms with Gasteiger partial charge in [0.15, 0.2) is 0 Å². The van der Waals surface area contributed by atoms with Gasteiger partial charge in [-0.1, -0.05) is 18.2 Å². The van der Waals surface area contributed by atoms with Crippen LogP contribution in [0.25, 0.3) is 10.9 Å². The van der Waals surface area contributed by atoms with Crippen molar-refractivity contribution >= 4 is 28.3 Å². The topological polar surface area (TPSA) is 25.4 Å². The molecule has 0 bridgehead atoms. The Bertz CT molecular complexity index is 602. The van der Waals surface area contributed by atoms with E-state index in [1.807, 2.05) is 12.1 Å². The number of rotatable bonds is 3. The minimum Gasteiger partial charge on any atom is -0.380 e. The molecule has 4 heteroatoms. The number of nitrogens with zero attached hydrogens (tertiary/aromatic N) is 2. The normalized spacial score (nSPS) is 19.5. The predicted molar refractivity (Wildman–Crippen MR) is 83.5 cm³/mol. The van der Waals surface area contributed by atoms with Gasteiger partial charge in [0.05, 0.1) is 17.5 Å². The van der Waals surface area contributed by atoms with E-state index >= 15 is 0 Å². The molecular formula is C16H19ClN2O. The van der Waals surface area contributed by atoms with Crippen molar-refractivity contribution in [3.05, 3.63) is 35.9 Å². The number of methoxy groups -OCH3 is 1. The maximum absolute atomic E-state index is 6.12. The first-order valence-electron chi connectivity index (χ1n) is 7.04. The molecule has 1 aromatic carbocycles. The summed E-state index contributed by atoms with van der Waals surface area (Å²) in [5, 5.41) is 1.15. The number of pyridine rings is 1. The Balaban J connectivity index is 2.00. The van der Waals surface area contributed by atoms with Crippen LogP contribution in [-0.4, -0.2) is 31.3 Å². The van der Waals surface area contributed by atoms with Crippen LogP contribution in [0.2, 0.25) is 0 Å². The van der Waals surface area contributed by atoms with Gasteiger partial charge in [-0.2, -0.15) is 0 Å². The van der Waals surface area contributed by atoms with Crippen LogP contribution in [0.15, 0.2) is 30.3 Å². The molecule has 2 heterocycles. The molecule has 1 unspecified atom stereocenters. The first-order chi connectivity index (χ1) is 9.81. The summed E-state index contributed by atoms with van der Waals surface area (Å²) in [5.74, 6) is 1.50. The monoisotopic (exact) mass is 290 g/mol. The summed E-state index contributed by atoms with van der Waals surface area (Å²) in [7, 11) is 1.78. The molecule has 0 saturated carbocycles. The van der Waals surface area contributed by atoms with Crippen molar-refractivity contribution in [2.45, 2.75) is 24.8 Å². The van der Waals surface area contributed by atoms with Crippen LogP contribution < -0.4 is 4.90 Å². The first-order valence-corrected chi connectivity index (χ1v) is 7.57. The molecule has 3 nitrogen and oxygen atoms in total. The number of hydrogen-bond acceptors (Lipinski definition) is 3. The van der Waals surface area contributed by atoms with Gasteiger partial charge >= 0.3 is 0 Å². The maximum atomic E-state index is 6.12. The molecule has 0 amide bonds. The van der Waals surface area contributed by atoms with E-state index in [1.54, 1.807) is 7.11 Å². The van der Waals surface area contributed by atoms with Crippen LogP contribution >= 0.6 is 11.6 Å². The summed E-state index contributed by atoms with van der Waals surface area (Å²) in [6.07, 6.45) is 2.55. The van der Waals surface area contributed by atoms with Crippen molar-refractivity contribution in [1.82, 2.24) is 4.98 Å². The van der Waals surface area contributed by atoms with Crippen LogP contribution in [0.3, 0.4) is 0 Å². The molecule has 1 fully saturated rings. The Morgan fingerprint density at radius 3 is 3.05 bits per heavy atom. The number of halogens is 1. The van der Waals surface area contributed by atoms with Crippen LogP contribution in [0.4, 0.5) is 5.82 Å². The highest BCUT2D eigenvalue weighted by atomic mass is 35.5. The van der Waals surface area contributed by atoms with E-state index in [0.29, 0.717) is 12.0 Å². The summed E-state index contributed by atoms with van der Waals surface area (Å²) in [6, 6.07) is 10.3. The molecule has 0 N–H and O–H groups in total. The number of aromatic nitrogens is 1. The number of anilines is 1. The quantitative estimate of drug-likeness (QED) is 0.808. The lowest BCUT2D eigenvalue weighted by Gasteiger charge is -2.34. The number of fused-ring (bicyclic) bond motifs is 1. The minimum absolute atomic E-state index is 0.292. The summed E-state index contributed by atoms with van der Waals surface area (Å²) < 4.78 is 5.50. The zero-order chi connectivity index (χ0) is 13.9. The smallest absolute Gasteiger partial charge is 0.133 e. The average molecular weight is 291 g/mol. The van der Waals surface area contributed by atoms with Gasteiger partial charge in [0.25, 0.3) is 0 Å². The summed E-state index contributed by atoms with van der Waals surface area (Å²) in [6.45, 7) is 1.92. The molecule has 2 aromatic rings. The van der Waals surface area contributed by atoms with Gasteiger partial charge in [-0.3, -0.25) is 0 Å². The van der Waals surface area contributed by atoms with Crippen molar-refractivity contribution in [1.29, 1.82) is 0 Å². The van der Waals surface area contributed by atoms with Crippen molar-refractivity contribution in [2.75, 3.05) is 25.1 Å². The van der Waals surface area contributed by atoms with Crippen LogP contribution in [0.5, 0.6) is 0 Å². The summed E-state index contributed by atoms with van der Waals surface area (Å²) >= 11 is 6.12. The van der Waals surface area contributed by atoms with Gasteiger partial charge in [0.2, 0.25) is 0 Å². The Labute approximate surface area is 124 Å². The Hall–Kier alpha value is -1.32. The van der Waals surface area contributed by atoms with Gasteiger partial charge in [0.1, 0.15) is 5.82 Å². The molecule has 1 aliphatic rings. The molecule has 1 aromatic heterocycles. The van der Waals surface area contributed by atoms with Crippen LogP contribution in [0, 0.1) is 0 Å². The molecule has 20 heavy (non-hydrogen) atoms. The second-order valence-corrected chi connectivity index (χ2v) is 5.51. The molecule has 0 aliphatic carbocycles. The van der Waals surface area contributed by atoms with Gasteiger partial charge in [-0.25, -0.2) is 4.98 Å². The van der Waals surface area contributed by atoms with E-state index in [-0.39, 0.29) is 0 Å². The fraction of sp³-hybridized carbons (Fsp3) is 0.438. The van der Waals surface area contributed by atoms with Crippen molar-refractivity contribution < 1.29 is 4.74 Å². The molecule has 1 saturated heterocycles. The molecule has 0 spiro atoms. The average Bonchev–Trinajstić information content (AvgIpc) is 2.53. The number of para-hydroxylation sites is 1. The van der Waals surface area contributed by atoms with Crippen LogP contribution in [0.1, 0.15) is 18.4 Å². The van der Waals surface area contributed by atoms with E-state index in [9.17, 15) is 0 Å². The van der Waals surface area contributed by atoms with Crippen LogP contribution in [-0.2, 0) is 10.6 Å².